The van der Waals surface area contributed by atoms with Gasteiger partial charge in [0.1, 0.15) is 5.82 Å². The molecule has 0 radical (unpaired) electrons. The van der Waals surface area contributed by atoms with E-state index in [2.05, 4.69) is 31.5 Å². The summed E-state index contributed by atoms with van der Waals surface area (Å²) in [6.45, 7) is 0. The minimum Gasteiger partial charge on any atom is -0.479 e. The molecule has 1 fully saturated rings. The van der Waals surface area contributed by atoms with Crippen molar-refractivity contribution in [2.75, 3.05) is 0 Å². The molecule has 2 aromatic rings. The molecule has 6 nitrogen and oxygen atoms in total. The van der Waals surface area contributed by atoms with E-state index < -0.39 is 17.3 Å². The predicted octanol–water partition coefficient (Wildman–Crippen LogP) is 2.21. The molecule has 0 atom stereocenters. The lowest BCUT2D eigenvalue weighted by Gasteiger charge is -2.37. The first-order valence-corrected chi connectivity index (χ1v) is 6.81. The van der Waals surface area contributed by atoms with Gasteiger partial charge in [-0.05, 0) is 63.8 Å². The number of nitrogens with zero attached hydrogens (tertiary/aromatic N) is 4. The minimum atomic E-state index is -1.11. The van der Waals surface area contributed by atoms with E-state index in [1.165, 1.54) is 16.8 Å². The Kier molecular flexibility index (Phi) is 3.04. The third-order valence-electron chi connectivity index (χ3n) is 3.63. The van der Waals surface area contributed by atoms with Crippen LogP contribution in [0.4, 0.5) is 4.39 Å². The van der Waals surface area contributed by atoms with Crippen molar-refractivity contribution in [2.45, 2.75) is 24.8 Å². The Morgan fingerprint density at radius 2 is 2.20 bits per heavy atom. The van der Waals surface area contributed by atoms with Crippen molar-refractivity contribution in [1.82, 2.24) is 20.2 Å². The van der Waals surface area contributed by atoms with E-state index in [9.17, 15) is 14.3 Å². The zero-order chi connectivity index (χ0) is 14.3. The summed E-state index contributed by atoms with van der Waals surface area (Å²) in [5, 5.41) is 20.6. The van der Waals surface area contributed by atoms with Crippen molar-refractivity contribution in [3.8, 4) is 11.4 Å². The van der Waals surface area contributed by atoms with Crippen molar-refractivity contribution in [3.63, 3.8) is 0 Å². The van der Waals surface area contributed by atoms with Gasteiger partial charge in [-0.3, -0.25) is 0 Å². The van der Waals surface area contributed by atoms with Gasteiger partial charge in [0.25, 0.3) is 0 Å². The molecular formula is C12H10BrFN4O2. The Bertz CT molecular complexity index is 684. The van der Waals surface area contributed by atoms with Crippen LogP contribution in [0.5, 0.6) is 0 Å². The number of benzene rings is 1. The molecule has 0 aliphatic heterocycles. The molecule has 0 saturated heterocycles. The van der Waals surface area contributed by atoms with Crippen molar-refractivity contribution in [2.24, 2.45) is 0 Å². The topological polar surface area (TPSA) is 80.9 Å². The van der Waals surface area contributed by atoms with E-state index >= 15 is 0 Å². The number of tetrazole rings is 1. The summed E-state index contributed by atoms with van der Waals surface area (Å²) >= 11 is 3.07. The molecule has 1 heterocycles. The van der Waals surface area contributed by atoms with Gasteiger partial charge in [-0.25, -0.2) is 13.9 Å². The third-order valence-corrected chi connectivity index (χ3v) is 4.27. The third kappa shape index (κ3) is 1.82. The summed E-state index contributed by atoms with van der Waals surface area (Å²) in [6, 6.07) is 4.46. The standard InChI is InChI=1S/C12H10BrFN4O2/c13-8-3-2-7(6-9(8)14)10-15-16-17-18(10)12(11(19)20)4-1-5-12/h2-3,6H,1,4-5H2,(H,19,20). The molecule has 1 N–H and O–H groups in total. The van der Waals surface area contributed by atoms with Crippen LogP contribution in [-0.4, -0.2) is 31.3 Å². The normalized spacial score (nSPS) is 16.7. The summed E-state index contributed by atoms with van der Waals surface area (Å²) in [6.07, 6.45) is 1.75. The maximum Gasteiger partial charge on any atom is 0.331 e. The molecule has 0 unspecified atom stereocenters. The molecule has 1 aliphatic rings. The van der Waals surface area contributed by atoms with Crippen molar-refractivity contribution < 1.29 is 14.3 Å². The van der Waals surface area contributed by atoms with Gasteiger partial charge in [-0.1, -0.05) is 0 Å². The largest absolute Gasteiger partial charge is 0.479 e. The van der Waals surface area contributed by atoms with Gasteiger partial charge in [-0.2, -0.15) is 0 Å². The van der Waals surface area contributed by atoms with E-state index in [1.807, 2.05) is 0 Å². The smallest absolute Gasteiger partial charge is 0.331 e. The van der Waals surface area contributed by atoms with E-state index in [0.29, 0.717) is 22.9 Å². The second-order valence-electron chi connectivity index (χ2n) is 4.73. The number of rotatable bonds is 3. The average molecular weight is 341 g/mol. The number of carboxylic acids is 1. The number of carbonyl (C=O) groups is 1. The SMILES string of the molecule is O=C(O)C1(n2nnnc2-c2ccc(Br)c(F)c2)CCC1. The van der Waals surface area contributed by atoms with Gasteiger partial charge in [0.2, 0.25) is 0 Å². The van der Waals surface area contributed by atoms with Crippen LogP contribution in [0.15, 0.2) is 22.7 Å². The van der Waals surface area contributed by atoms with Crippen LogP contribution in [0.25, 0.3) is 11.4 Å². The number of hydrogen-bond acceptors (Lipinski definition) is 4. The molecule has 1 saturated carbocycles. The second kappa shape index (κ2) is 4.62. The lowest BCUT2D eigenvalue weighted by atomic mass is 9.76. The van der Waals surface area contributed by atoms with Crippen LogP contribution in [0.2, 0.25) is 0 Å². The van der Waals surface area contributed by atoms with E-state index in [-0.39, 0.29) is 5.82 Å². The van der Waals surface area contributed by atoms with Crippen LogP contribution >= 0.6 is 15.9 Å². The van der Waals surface area contributed by atoms with Crippen molar-refractivity contribution >= 4 is 21.9 Å². The van der Waals surface area contributed by atoms with Crippen LogP contribution in [0.1, 0.15) is 19.3 Å². The number of hydrogen-bond donors (Lipinski definition) is 1. The molecule has 0 amide bonds. The van der Waals surface area contributed by atoms with Gasteiger partial charge in [0.05, 0.1) is 4.47 Å². The Morgan fingerprint density at radius 1 is 1.45 bits per heavy atom. The molecule has 20 heavy (non-hydrogen) atoms. The highest BCUT2D eigenvalue weighted by atomic mass is 79.9. The van der Waals surface area contributed by atoms with E-state index in [0.717, 1.165) is 6.42 Å². The maximum atomic E-state index is 13.6. The fourth-order valence-corrected chi connectivity index (χ4v) is 2.57. The molecule has 1 aromatic heterocycles. The van der Waals surface area contributed by atoms with Crippen LogP contribution < -0.4 is 0 Å². The van der Waals surface area contributed by atoms with Gasteiger partial charge >= 0.3 is 5.97 Å². The number of halogens is 2. The Morgan fingerprint density at radius 3 is 2.75 bits per heavy atom. The first-order valence-electron chi connectivity index (χ1n) is 6.02. The molecule has 0 spiro atoms. The Hall–Kier alpha value is -1.83. The zero-order valence-electron chi connectivity index (χ0n) is 10.3. The highest BCUT2D eigenvalue weighted by Crippen LogP contribution is 2.41. The summed E-state index contributed by atoms with van der Waals surface area (Å²) in [7, 11) is 0. The van der Waals surface area contributed by atoms with Crippen LogP contribution in [0, 0.1) is 5.82 Å². The average Bonchev–Trinajstić information content (AvgIpc) is 2.80. The van der Waals surface area contributed by atoms with E-state index in [1.54, 1.807) is 6.07 Å². The zero-order valence-corrected chi connectivity index (χ0v) is 11.8. The summed E-state index contributed by atoms with van der Waals surface area (Å²) < 4.78 is 15.2. The van der Waals surface area contributed by atoms with Gasteiger partial charge in [-0.15, -0.1) is 5.10 Å². The number of aromatic nitrogens is 4. The predicted molar refractivity (Wildman–Crippen MR) is 70.4 cm³/mol. The van der Waals surface area contributed by atoms with Crippen molar-refractivity contribution in [3.05, 3.63) is 28.5 Å². The fourth-order valence-electron chi connectivity index (χ4n) is 2.32. The highest BCUT2D eigenvalue weighted by molar-refractivity contribution is 9.10. The summed E-state index contributed by atoms with van der Waals surface area (Å²) in [4.78, 5) is 11.5. The second-order valence-corrected chi connectivity index (χ2v) is 5.59. The van der Waals surface area contributed by atoms with Gasteiger partial charge in [0, 0.05) is 5.56 Å². The molecule has 0 bridgehead atoms. The minimum absolute atomic E-state index is 0.263. The maximum absolute atomic E-state index is 13.6. The molecule has 1 aromatic carbocycles. The van der Waals surface area contributed by atoms with Crippen molar-refractivity contribution in [1.29, 1.82) is 0 Å². The highest BCUT2D eigenvalue weighted by Gasteiger charge is 2.49. The van der Waals surface area contributed by atoms with Crippen LogP contribution in [-0.2, 0) is 10.3 Å². The number of carboxylic acid groups (broad SMARTS) is 1. The quantitative estimate of drug-likeness (QED) is 0.926. The van der Waals surface area contributed by atoms with E-state index in [4.69, 9.17) is 0 Å². The van der Waals surface area contributed by atoms with Crippen LogP contribution in [0.3, 0.4) is 0 Å². The lowest BCUT2D eigenvalue weighted by Crippen LogP contribution is -2.48. The molecule has 8 heteroatoms. The number of aliphatic carboxylic acids is 1. The molecule has 3 rings (SSSR count). The fraction of sp³-hybridized carbons (Fsp3) is 0.333. The monoisotopic (exact) mass is 340 g/mol. The Labute approximate surface area is 121 Å². The first kappa shape index (κ1) is 13.2. The molecule has 1 aliphatic carbocycles. The van der Waals surface area contributed by atoms with Gasteiger partial charge < -0.3 is 5.11 Å². The lowest BCUT2D eigenvalue weighted by molar-refractivity contribution is -0.153. The van der Waals surface area contributed by atoms with Gasteiger partial charge in [0.15, 0.2) is 11.4 Å². The first-order chi connectivity index (χ1) is 9.54. The Balaban J connectivity index is 2.10. The molecular weight excluding hydrogens is 331 g/mol. The summed E-state index contributed by atoms with van der Waals surface area (Å²) in [5.74, 6) is -1.15. The summed E-state index contributed by atoms with van der Waals surface area (Å²) in [5.41, 5.74) is -0.661. The molecule has 104 valence electrons.